The molecule has 0 unspecified atom stereocenters. The summed E-state index contributed by atoms with van der Waals surface area (Å²) >= 11 is 0. The summed E-state index contributed by atoms with van der Waals surface area (Å²) in [6.07, 6.45) is 6.35. The summed E-state index contributed by atoms with van der Waals surface area (Å²) in [5.41, 5.74) is 1.05. The molecular weight excluding hydrogens is 212 g/mol. The van der Waals surface area contributed by atoms with Crippen molar-refractivity contribution < 1.29 is 19.8 Å². The Hall–Kier alpha value is -2.24. The van der Waals surface area contributed by atoms with Gasteiger partial charge in [0.05, 0.1) is 11.4 Å². The fraction of sp³-hybridized carbons (Fsp3) is 0.200. The SMILES string of the molecule is O=C(O)CN=C1C=CC(=NCC(=O)O)C=C1. The van der Waals surface area contributed by atoms with Crippen molar-refractivity contribution >= 4 is 23.4 Å². The number of nitrogens with zero attached hydrogens (tertiary/aromatic N) is 2. The van der Waals surface area contributed by atoms with Crippen molar-refractivity contribution in [2.45, 2.75) is 0 Å². The molecule has 84 valence electrons. The number of carboxylic acid groups (broad SMARTS) is 2. The molecule has 6 nitrogen and oxygen atoms in total. The average molecular weight is 222 g/mol. The highest BCUT2D eigenvalue weighted by molar-refractivity contribution is 6.18. The second kappa shape index (κ2) is 5.59. The van der Waals surface area contributed by atoms with E-state index in [0.717, 1.165) is 0 Å². The highest BCUT2D eigenvalue weighted by atomic mass is 16.4. The lowest BCUT2D eigenvalue weighted by molar-refractivity contribution is -0.136. The molecule has 0 aromatic rings. The summed E-state index contributed by atoms with van der Waals surface area (Å²) in [5, 5.41) is 16.8. The molecule has 0 atom stereocenters. The Morgan fingerprint density at radius 2 is 1.19 bits per heavy atom. The number of aliphatic imine (C=N–C) groups is 2. The number of hydrogen-bond acceptors (Lipinski definition) is 4. The van der Waals surface area contributed by atoms with Crippen LogP contribution in [-0.2, 0) is 9.59 Å². The van der Waals surface area contributed by atoms with Gasteiger partial charge in [-0.15, -0.1) is 0 Å². The third-order valence-corrected chi connectivity index (χ3v) is 1.64. The maximum atomic E-state index is 10.2. The smallest absolute Gasteiger partial charge is 0.325 e. The van der Waals surface area contributed by atoms with Crippen molar-refractivity contribution in [3.8, 4) is 0 Å². The number of hydrogen-bond donors (Lipinski definition) is 2. The van der Waals surface area contributed by atoms with Crippen LogP contribution in [0.25, 0.3) is 0 Å². The first-order valence-electron chi connectivity index (χ1n) is 4.46. The van der Waals surface area contributed by atoms with Crippen LogP contribution in [0, 0.1) is 0 Å². The first-order valence-corrected chi connectivity index (χ1v) is 4.46. The van der Waals surface area contributed by atoms with Crippen molar-refractivity contribution in [3.05, 3.63) is 24.3 Å². The van der Waals surface area contributed by atoms with Gasteiger partial charge < -0.3 is 10.2 Å². The molecule has 2 N–H and O–H groups in total. The van der Waals surface area contributed by atoms with Gasteiger partial charge in [0, 0.05) is 0 Å². The van der Waals surface area contributed by atoms with Gasteiger partial charge in [-0.1, -0.05) is 0 Å². The number of aliphatic carboxylic acids is 2. The molecular formula is C10H10N2O4. The zero-order valence-corrected chi connectivity index (χ0v) is 8.33. The standard InChI is InChI=1S/C10H10N2O4/c13-9(14)5-11-7-1-2-8(4-3-7)12-6-10(15)16/h1-4H,5-6H2,(H,13,14)(H,15,16). The molecule has 6 heteroatoms. The molecule has 0 spiro atoms. The molecule has 0 radical (unpaired) electrons. The highest BCUT2D eigenvalue weighted by Crippen LogP contribution is 1.98. The maximum Gasteiger partial charge on any atom is 0.325 e. The summed E-state index contributed by atoms with van der Waals surface area (Å²) in [7, 11) is 0. The van der Waals surface area contributed by atoms with Crippen LogP contribution in [0.3, 0.4) is 0 Å². The topological polar surface area (TPSA) is 99.3 Å². The Morgan fingerprint density at radius 3 is 1.44 bits per heavy atom. The normalized spacial score (nSPS) is 13.8. The third-order valence-electron chi connectivity index (χ3n) is 1.64. The molecule has 1 aliphatic carbocycles. The largest absolute Gasteiger partial charge is 0.480 e. The summed E-state index contributed by atoms with van der Waals surface area (Å²) in [5.74, 6) is -2.00. The molecule has 0 heterocycles. The summed E-state index contributed by atoms with van der Waals surface area (Å²) in [4.78, 5) is 28.0. The van der Waals surface area contributed by atoms with Crippen LogP contribution in [0.1, 0.15) is 0 Å². The second-order valence-corrected chi connectivity index (χ2v) is 2.94. The molecule has 1 aliphatic rings. The van der Waals surface area contributed by atoms with Crippen molar-refractivity contribution in [3.63, 3.8) is 0 Å². The van der Waals surface area contributed by atoms with Gasteiger partial charge in [-0.2, -0.15) is 0 Å². The molecule has 0 saturated heterocycles. The molecule has 0 aromatic heterocycles. The monoisotopic (exact) mass is 222 g/mol. The molecule has 0 saturated carbocycles. The van der Waals surface area contributed by atoms with Gasteiger partial charge in [-0.25, -0.2) is 0 Å². The number of rotatable bonds is 4. The average Bonchev–Trinajstić information content (AvgIpc) is 2.25. The van der Waals surface area contributed by atoms with Crippen molar-refractivity contribution in [2.24, 2.45) is 9.98 Å². The van der Waals surface area contributed by atoms with Crippen LogP contribution >= 0.6 is 0 Å². The van der Waals surface area contributed by atoms with Gasteiger partial charge in [-0.05, 0) is 24.3 Å². The Labute approximate surface area is 91.3 Å². The number of allylic oxidation sites excluding steroid dienone is 4. The van der Waals surface area contributed by atoms with E-state index in [4.69, 9.17) is 10.2 Å². The fourth-order valence-corrected chi connectivity index (χ4v) is 0.981. The van der Waals surface area contributed by atoms with E-state index in [1.165, 1.54) is 0 Å². The van der Waals surface area contributed by atoms with Gasteiger partial charge in [0.1, 0.15) is 13.1 Å². The first kappa shape index (κ1) is 11.8. The molecule has 0 aromatic carbocycles. The van der Waals surface area contributed by atoms with E-state index in [1.54, 1.807) is 24.3 Å². The van der Waals surface area contributed by atoms with E-state index >= 15 is 0 Å². The van der Waals surface area contributed by atoms with E-state index in [1.807, 2.05) is 0 Å². The lowest BCUT2D eigenvalue weighted by Gasteiger charge is -2.01. The zero-order valence-electron chi connectivity index (χ0n) is 8.33. The Kier molecular flexibility index (Phi) is 4.14. The number of carboxylic acids is 2. The lowest BCUT2D eigenvalue weighted by Crippen LogP contribution is -2.07. The predicted molar refractivity (Wildman–Crippen MR) is 58.2 cm³/mol. The molecule has 0 aliphatic heterocycles. The minimum absolute atomic E-state index is 0.286. The Balaban J connectivity index is 2.59. The second-order valence-electron chi connectivity index (χ2n) is 2.94. The van der Waals surface area contributed by atoms with Crippen LogP contribution in [0.2, 0.25) is 0 Å². The van der Waals surface area contributed by atoms with Crippen molar-refractivity contribution in [1.29, 1.82) is 0 Å². The van der Waals surface area contributed by atoms with E-state index in [2.05, 4.69) is 9.98 Å². The molecule has 0 fully saturated rings. The maximum absolute atomic E-state index is 10.2. The first-order chi connectivity index (χ1) is 7.58. The molecule has 16 heavy (non-hydrogen) atoms. The van der Waals surface area contributed by atoms with E-state index in [-0.39, 0.29) is 13.1 Å². The summed E-state index contributed by atoms with van der Waals surface area (Å²) in [6, 6.07) is 0. The van der Waals surface area contributed by atoms with Gasteiger partial charge in [0.25, 0.3) is 0 Å². The van der Waals surface area contributed by atoms with Crippen LogP contribution in [-0.4, -0.2) is 46.7 Å². The van der Waals surface area contributed by atoms with E-state index in [9.17, 15) is 9.59 Å². The summed E-state index contributed by atoms with van der Waals surface area (Å²) < 4.78 is 0. The van der Waals surface area contributed by atoms with Crippen molar-refractivity contribution in [1.82, 2.24) is 0 Å². The quantitative estimate of drug-likeness (QED) is 0.662. The van der Waals surface area contributed by atoms with Crippen LogP contribution in [0.15, 0.2) is 34.3 Å². The minimum atomic E-state index is -1.00. The van der Waals surface area contributed by atoms with Crippen molar-refractivity contribution in [2.75, 3.05) is 13.1 Å². The van der Waals surface area contributed by atoms with Gasteiger partial charge in [0.15, 0.2) is 0 Å². The predicted octanol–water partition coefficient (Wildman–Crippen LogP) is 0.164. The molecule has 1 rings (SSSR count). The van der Waals surface area contributed by atoms with Crippen LogP contribution in [0.5, 0.6) is 0 Å². The van der Waals surface area contributed by atoms with E-state index < -0.39 is 11.9 Å². The van der Waals surface area contributed by atoms with Crippen LogP contribution < -0.4 is 0 Å². The van der Waals surface area contributed by atoms with Gasteiger partial charge >= 0.3 is 11.9 Å². The number of carbonyl (C=O) groups is 2. The fourth-order valence-electron chi connectivity index (χ4n) is 0.981. The highest BCUT2D eigenvalue weighted by Gasteiger charge is 2.01. The van der Waals surface area contributed by atoms with Gasteiger partial charge in [-0.3, -0.25) is 19.6 Å². The van der Waals surface area contributed by atoms with Gasteiger partial charge in [0.2, 0.25) is 0 Å². The Morgan fingerprint density at radius 1 is 0.875 bits per heavy atom. The molecule has 0 bridgehead atoms. The molecule has 0 amide bonds. The Bertz CT molecular complexity index is 363. The van der Waals surface area contributed by atoms with Crippen LogP contribution in [0.4, 0.5) is 0 Å². The van der Waals surface area contributed by atoms with E-state index in [0.29, 0.717) is 11.4 Å². The minimum Gasteiger partial charge on any atom is -0.480 e. The lowest BCUT2D eigenvalue weighted by atomic mass is 10.1. The third kappa shape index (κ3) is 4.32. The zero-order chi connectivity index (χ0) is 12.0. The summed E-state index contributed by atoms with van der Waals surface area (Å²) in [6.45, 7) is -0.572.